The summed E-state index contributed by atoms with van der Waals surface area (Å²) in [6.45, 7) is 1.30. The van der Waals surface area contributed by atoms with Crippen molar-refractivity contribution in [3.05, 3.63) is 47.1 Å². The number of nitrogens with zero attached hydrogens (tertiary/aromatic N) is 1. The van der Waals surface area contributed by atoms with Crippen molar-refractivity contribution in [1.29, 1.82) is 0 Å². The molecule has 5 heteroatoms. The fourth-order valence-electron chi connectivity index (χ4n) is 2.88. The Bertz CT molecular complexity index is 653. The first-order chi connectivity index (χ1) is 10.7. The topological polar surface area (TPSA) is 46.3 Å². The first kappa shape index (κ1) is 15.2. The molecule has 2 N–H and O–H groups in total. The van der Waals surface area contributed by atoms with E-state index in [9.17, 15) is 9.18 Å². The van der Waals surface area contributed by atoms with Gasteiger partial charge in [-0.25, -0.2) is 4.39 Å². The SMILES string of the molecule is NCC1CCCCN1C(=O)c1ccc(-c2ccc(F)cc2)s1. The van der Waals surface area contributed by atoms with Crippen LogP contribution >= 0.6 is 11.3 Å². The average molecular weight is 318 g/mol. The molecule has 1 aliphatic heterocycles. The summed E-state index contributed by atoms with van der Waals surface area (Å²) in [6.07, 6.45) is 3.16. The second-order valence-electron chi connectivity index (χ2n) is 5.55. The summed E-state index contributed by atoms with van der Waals surface area (Å²) in [4.78, 5) is 16.3. The van der Waals surface area contributed by atoms with E-state index < -0.39 is 0 Å². The van der Waals surface area contributed by atoms with Gasteiger partial charge in [0.15, 0.2) is 0 Å². The lowest BCUT2D eigenvalue weighted by molar-refractivity contribution is 0.0628. The minimum absolute atomic E-state index is 0.0634. The van der Waals surface area contributed by atoms with Crippen LogP contribution in [0.2, 0.25) is 0 Å². The molecule has 2 aromatic rings. The van der Waals surface area contributed by atoms with Gasteiger partial charge in [-0.1, -0.05) is 12.1 Å². The van der Waals surface area contributed by atoms with Gasteiger partial charge in [-0.05, 0) is 49.1 Å². The van der Waals surface area contributed by atoms with Gasteiger partial charge < -0.3 is 10.6 Å². The van der Waals surface area contributed by atoms with E-state index in [2.05, 4.69) is 0 Å². The Balaban J connectivity index is 1.80. The molecule has 22 heavy (non-hydrogen) atoms. The van der Waals surface area contributed by atoms with E-state index in [-0.39, 0.29) is 17.8 Å². The zero-order valence-corrected chi connectivity index (χ0v) is 13.1. The van der Waals surface area contributed by atoms with E-state index in [0.29, 0.717) is 6.54 Å². The molecule has 0 radical (unpaired) electrons. The molecule has 1 aromatic heterocycles. The van der Waals surface area contributed by atoms with Crippen molar-refractivity contribution in [3.63, 3.8) is 0 Å². The van der Waals surface area contributed by atoms with Crippen molar-refractivity contribution in [2.75, 3.05) is 13.1 Å². The molecule has 3 rings (SSSR count). The minimum Gasteiger partial charge on any atom is -0.334 e. The van der Waals surface area contributed by atoms with E-state index in [1.54, 1.807) is 12.1 Å². The molecule has 0 aliphatic carbocycles. The summed E-state index contributed by atoms with van der Waals surface area (Å²) in [7, 11) is 0. The quantitative estimate of drug-likeness (QED) is 0.941. The van der Waals surface area contributed by atoms with Crippen LogP contribution in [0.15, 0.2) is 36.4 Å². The van der Waals surface area contributed by atoms with E-state index in [1.165, 1.54) is 23.5 Å². The molecule has 1 amide bonds. The number of thiophene rings is 1. The van der Waals surface area contributed by atoms with Crippen LogP contribution < -0.4 is 5.73 Å². The normalized spacial score (nSPS) is 18.5. The number of halogens is 1. The predicted molar refractivity (Wildman–Crippen MR) is 87.4 cm³/mol. The van der Waals surface area contributed by atoms with Crippen LogP contribution in [-0.4, -0.2) is 29.9 Å². The van der Waals surface area contributed by atoms with Crippen LogP contribution in [0.4, 0.5) is 4.39 Å². The van der Waals surface area contributed by atoms with Crippen LogP contribution in [0.25, 0.3) is 10.4 Å². The maximum atomic E-state index is 13.0. The smallest absolute Gasteiger partial charge is 0.264 e. The summed E-state index contributed by atoms with van der Waals surface area (Å²) < 4.78 is 13.0. The summed E-state index contributed by atoms with van der Waals surface area (Å²) >= 11 is 1.45. The molecule has 1 saturated heterocycles. The fourth-order valence-corrected chi connectivity index (χ4v) is 3.84. The van der Waals surface area contributed by atoms with Gasteiger partial charge in [-0.15, -0.1) is 11.3 Å². The number of benzene rings is 1. The molecule has 0 bridgehead atoms. The summed E-state index contributed by atoms with van der Waals surface area (Å²) in [5.74, 6) is -0.191. The van der Waals surface area contributed by atoms with Gasteiger partial charge in [0.2, 0.25) is 0 Å². The van der Waals surface area contributed by atoms with Gasteiger partial charge in [-0.2, -0.15) is 0 Å². The number of carbonyl (C=O) groups excluding carboxylic acids is 1. The third-order valence-electron chi connectivity index (χ3n) is 4.11. The van der Waals surface area contributed by atoms with Gasteiger partial charge in [0.05, 0.1) is 4.88 Å². The first-order valence-corrected chi connectivity index (χ1v) is 8.37. The number of hydrogen-bond acceptors (Lipinski definition) is 3. The van der Waals surface area contributed by atoms with Crippen molar-refractivity contribution >= 4 is 17.2 Å². The Hall–Kier alpha value is -1.72. The van der Waals surface area contributed by atoms with Gasteiger partial charge in [0.25, 0.3) is 5.91 Å². The highest BCUT2D eigenvalue weighted by atomic mass is 32.1. The van der Waals surface area contributed by atoms with Crippen LogP contribution in [0.3, 0.4) is 0 Å². The number of carbonyl (C=O) groups is 1. The van der Waals surface area contributed by atoms with E-state index in [0.717, 1.165) is 41.1 Å². The Morgan fingerprint density at radius 1 is 1.23 bits per heavy atom. The molecule has 1 fully saturated rings. The molecule has 0 saturated carbocycles. The lowest BCUT2D eigenvalue weighted by Crippen LogP contribution is -2.47. The number of piperidine rings is 1. The Morgan fingerprint density at radius 3 is 2.73 bits per heavy atom. The molecular weight excluding hydrogens is 299 g/mol. The largest absolute Gasteiger partial charge is 0.334 e. The zero-order valence-electron chi connectivity index (χ0n) is 12.3. The van der Waals surface area contributed by atoms with Crippen LogP contribution in [0, 0.1) is 5.82 Å². The lowest BCUT2D eigenvalue weighted by atomic mass is 10.0. The van der Waals surface area contributed by atoms with Gasteiger partial charge in [0, 0.05) is 24.0 Å². The van der Waals surface area contributed by atoms with Gasteiger partial charge >= 0.3 is 0 Å². The van der Waals surface area contributed by atoms with Crippen LogP contribution in [0.1, 0.15) is 28.9 Å². The molecule has 3 nitrogen and oxygen atoms in total. The zero-order chi connectivity index (χ0) is 15.5. The molecule has 2 heterocycles. The average Bonchev–Trinajstić information content (AvgIpc) is 3.05. The maximum Gasteiger partial charge on any atom is 0.264 e. The molecule has 1 aliphatic rings. The van der Waals surface area contributed by atoms with Crippen molar-refractivity contribution in [1.82, 2.24) is 4.90 Å². The highest BCUT2D eigenvalue weighted by Gasteiger charge is 2.27. The van der Waals surface area contributed by atoms with E-state index in [1.807, 2.05) is 17.0 Å². The highest BCUT2D eigenvalue weighted by molar-refractivity contribution is 7.17. The first-order valence-electron chi connectivity index (χ1n) is 7.56. The molecular formula is C17H19FN2OS. The molecule has 0 spiro atoms. The molecule has 1 atom stereocenters. The Labute approximate surface area is 133 Å². The maximum absolute atomic E-state index is 13.0. The summed E-state index contributed by atoms with van der Waals surface area (Å²) in [6, 6.07) is 10.3. The Kier molecular flexibility index (Phi) is 4.55. The van der Waals surface area contributed by atoms with Crippen molar-refractivity contribution in [3.8, 4) is 10.4 Å². The van der Waals surface area contributed by atoms with Crippen LogP contribution in [0.5, 0.6) is 0 Å². The molecule has 1 unspecified atom stereocenters. The monoisotopic (exact) mass is 318 g/mol. The van der Waals surface area contributed by atoms with Crippen molar-refractivity contribution < 1.29 is 9.18 Å². The number of amides is 1. The highest BCUT2D eigenvalue weighted by Crippen LogP contribution is 2.30. The van der Waals surface area contributed by atoms with Gasteiger partial charge in [0.1, 0.15) is 5.82 Å². The third kappa shape index (κ3) is 3.05. The second kappa shape index (κ2) is 6.58. The molecule has 116 valence electrons. The minimum atomic E-state index is -0.254. The fraction of sp³-hybridized carbons (Fsp3) is 0.353. The van der Waals surface area contributed by atoms with E-state index >= 15 is 0 Å². The number of likely N-dealkylation sites (tertiary alicyclic amines) is 1. The van der Waals surface area contributed by atoms with Crippen molar-refractivity contribution in [2.45, 2.75) is 25.3 Å². The predicted octanol–water partition coefficient (Wildman–Crippen LogP) is 3.51. The standard InChI is InChI=1S/C17H19FN2OS/c18-13-6-4-12(5-7-13)15-8-9-16(22-15)17(21)20-10-2-1-3-14(20)11-19/h4-9,14H,1-3,10-11,19H2. The number of hydrogen-bond donors (Lipinski definition) is 1. The second-order valence-corrected chi connectivity index (χ2v) is 6.64. The summed E-state index contributed by atoms with van der Waals surface area (Å²) in [5, 5.41) is 0. The summed E-state index contributed by atoms with van der Waals surface area (Å²) in [5.41, 5.74) is 6.72. The Morgan fingerprint density at radius 2 is 2.00 bits per heavy atom. The number of rotatable bonds is 3. The molecule has 1 aromatic carbocycles. The van der Waals surface area contributed by atoms with Crippen molar-refractivity contribution in [2.24, 2.45) is 5.73 Å². The third-order valence-corrected chi connectivity index (χ3v) is 5.23. The van der Waals surface area contributed by atoms with E-state index in [4.69, 9.17) is 5.73 Å². The lowest BCUT2D eigenvalue weighted by Gasteiger charge is -2.34. The van der Waals surface area contributed by atoms with Gasteiger partial charge in [-0.3, -0.25) is 4.79 Å². The van der Waals surface area contributed by atoms with Crippen LogP contribution in [-0.2, 0) is 0 Å². The number of nitrogens with two attached hydrogens (primary N) is 1.